The lowest BCUT2D eigenvalue weighted by Crippen LogP contribution is -2.13. The molecule has 1 aliphatic rings. The first-order valence-corrected chi connectivity index (χ1v) is 8.89. The van der Waals surface area contributed by atoms with E-state index in [1.165, 1.54) is 7.11 Å². The molecule has 142 valence electrons. The van der Waals surface area contributed by atoms with Crippen LogP contribution in [0.4, 0.5) is 0 Å². The van der Waals surface area contributed by atoms with Crippen LogP contribution in [0.3, 0.4) is 0 Å². The maximum Gasteiger partial charge on any atom is 0.333 e. The first kappa shape index (κ1) is 20.5. The molecule has 0 N–H and O–H groups in total. The van der Waals surface area contributed by atoms with Crippen molar-refractivity contribution in [2.24, 2.45) is 17.3 Å². The van der Waals surface area contributed by atoms with Gasteiger partial charge in [0.1, 0.15) is 6.61 Å². The fourth-order valence-corrected chi connectivity index (χ4v) is 3.29. The highest BCUT2D eigenvalue weighted by molar-refractivity contribution is 5.88. The lowest BCUT2D eigenvalue weighted by molar-refractivity contribution is -0.145. The maximum absolute atomic E-state index is 12.6. The summed E-state index contributed by atoms with van der Waals surface area (Å²) in [5.41, 5.74) is 2.79. The van der Waals surface area contributed by atoms with Crippen molar-refractivity contribution in [1.82, 2.24) is 0 Å². The van der Waals surface area contributed by atoms with Crippen LogP contribution >= 0.6 is 0 Å². The number of carbonyl (C=O) groups excluding carboxylic acids is 2. The van der Waals surface area contributed by atoms with Gasteiger partial charge in [-0.25, -0.2) is 4.79 Å². The summed E-state index contributed by atoms with van der Waals surface area (Å²) in [4.78, 5) is 24.2. The molecular weight excluding hydrogens is 340 g/mol. The maximum atomic E-state index is 12.6. The summed E-state index contributed by atoms with van der Waals surface area (Å²) in [6, 6.07) is 9.74. The molecule has 27 heavy (non-hydrogen) atoms. The molecule has 2 atom stereocenters. The molecule has 1 aromatic rings. The Morgan fingerprint density at radius 1 is 1.22 bits per heavy atom. The van der Waals surface area contributed by atoms with Crippen molar-refractivity contribution in [3.8, 4) is 12.3 Å². The van der Waals surface area contributed by atoms with Crippen LogP contribution < -0.4 is 0 Å². The lowest BCUT2D eigenvalue weighted by atomic mass is 10.0. The number of carbonyl (C=O) groups is 2. The van der Waals surface area contributed by atoms with E-state index in [-0.39, 0.29) is 35.8 Å². The molecule has 0 bridgehead atoms. The van der Waals surface area contributed by atoms with Crippen LogP contribution in [0, 0.1) is 29.6 Å². The van der Waals surface area contributed by atoms with E-state index in [9.17, 15) is 9.59 Å². The zero-order chi connectivity index (χ0) is 20.2. The molecule has 4 heteroatoms. The monoisotopic (exact) mass is 366 g/mol. The number of rotatable bonds is 6. The van der Waals surface area contributed by atoms with Gasteiger partial charge in [0.05, 0.1) is 13.0 Å². The van der Waals surface area contributed by atoms with Crippen molar-refractivity contribution < 1.29 is 19.1 Å². The Kier molecular flexibility index (Phi) is 6.28. The van der Waals surface area contributed by atoms with Crippen LogP contribution in [0.5, 0.6) is 0 Å². The zero-order valence-electron chi connectivity index (χ0n) is 16.5. The topological polar surface area (TPSA) is 52.6 Å². The standard InChI is InChI=1S/C23H26O4/c1-7-17(16(3)18-11-9-8-10-12-18)14-27-22(25)20-19(23(20,4)5)13-15(2)21(24)26-6/h1,8-13,19-20H,14H2,2-6H3. The van der Waals surface area contributed by atoms with Crippen LogP contribution in [-0.2, 0) is 19.1 Å². The number of esters is 2. The first-order chi connectivity index (χ1) is 12.7. The summed E-state index contributed by atoms with van der Waals surface area (Å²) in [5, 5.41) is 0. The smallest absolute Gasteiger partial charge is 0.333 e. The van der Waals surface area contributed by atoms with Crippen LogP contribution in [0.1, 0.15) is 33.3 Å². The van der Waals surface area contributed by atoms with E-state index in [0.717, 1.165) is 11.1 Å². The largest absolute Gasteiger partial charge is 0.466 e. The summed E-state index contributed by atoms with van der Waals surface area (Å²) in [6.45, 7) is 7.64. The van der Waals surface area contributed by atoms with Crippen molar-refractivity contribution in [1.29, 1.82) is 0 Å². The van der Waals surface area contributed by atoms with Crippen molar-refractivity contribution in [3.63, 3.8) is 0 Å². The second-order valence-corrected chi connectivity index (χ2v) is 7.39. The fourth-order valence-electron chi connectivity index (χ4n) is 3.29. The molecule has 1 aromatic carbocycles. The van der Waals surface area contributed by atoms with E-state index < -0.39 is 0 Å². The number of hydrogen-bond donors (Lipinski definition) is 0. The van der Waals surface area contributed by atoms with Crippen molar-refractivity contribution in [3.05, 3.63) is 53.1 Å². The third-order valence-corrected chi connectivity index (χ3v) is 5.29. The molecule has 2 rings (SSSR count). The highest BCUT2D eigenvalue weighted by atomic mass is 16.5. The number of benzene rings is 1. The lowest BCUT2D eigenvalue weighted by Gasteiger charge is -2.09. The summed E-state index contributed by atoms with van der Waals surface area (Å²) in [7, 11) is 1.34. The van der Waals surface area contributed by atoms with Gasteiger partial charge in [0.25, 0.3) is 0 Å². The van der Waals surface area contributed by atoms with Crippen LogP contribution in [0.15, 0.2) is 47.6 Å². The van der Waals surface area contributed by atoms with Gasteiger partial charge in [-0.05, 0) is 36.3 Å². The van der Waals surface area contributed by atoms with Gasteiger partial charge in [0, 0.05) is 11.1 Å². The number of allylic oxidation sites excluding steroid dienone is 2. The van der Waals surface area contributed by atoms with Crippen molar-refractivity contribution in [2.45, 2.75) is 27.7 Å². The summed E-state index contributed by atoms with van der Waals surface area (Å²) in [5.74, 6) is 1.59. The van der Waals surface area contributed by atoms with Crippen molar-refractivity contribution >= 4 is 17.5 Å². The normalized spacial score (nSPS) is 21.6. The Labute approximate surface area is 161 Å². The molecule has 0 amide bonds. The average Bonchev–Trinajstić information content (AvgIpc) is 3.21. The highest BCUT2D eigenvalue weighted by Crippen LogP contribution is 2.59. The van der Waals surface area contributed by atoms with E-state index >= 15 is 0 Å². The van der Waals surface area contributed by atoms with Crippen LogP contribution in [-0.4, -0.2) is 25.7 Å². The van der Waals surface area contributed by atoms with Gasteiger partial charge in [0.15, 0.2) is 0 Å². The summed E-state index contributed by atoms with van der Waals surface area (Å²) >= 11 is 0. The zero-order valence-corrected chi connectivity index (χ0v) is 16.5. The number of ether oxygens (including phenoxy) is 2. The third kappa shape index (κ3) is 4.49. The number of terminal acetylenes is 1. The molecule has 4 nitrogen and oxygen atoms in total. The first-order valence-electron chi connectivity index (χ1n) is 8.89. The molecule has 1 fully saturated rings. The van der Waals surface area contributed by atoms with E-state index in [1.54, 1.807) is 13.0 Å². The molecule has 2 unspecified atom stereocenters. The quantitative estimate of drug-likeness (QED) is 0.433. The SMILES string of the molecule is C#CC(COC(=O)C1C(C=C(C)C(=O)OC)C1(C)C)=C(C)c1ccccc1. The number of methoxy groups -OCH3 is 1. The van der Waals surface area contributed by atoms with Gasteiger partial charge in [0.2, 0.25) is 0 Å². The molecule has 1 aliphatic carbocycles. The molecule has 1 saturated carbocycles. The minimum atomic E-state index is -0.388. The minimum Gasteiger partial charge on any atom is -0.466 e. The van der Waals surface area contributed by atoms with Crippen LogP contribution in [0.25, 0.3) is 5.57 Å². The Balaban J connectivity index is 2.07. The molecular formula is C23H26O4. The molecule has 0 aromatic heterocycles. The van der Waals surface area contributed by atoms with Crippen molar-refractivity contribution in [2.75, 3.05) is 13.7 Å². The van der Waals surface area contributed by atoms with E-state index in [4.69, 9.17) is 15.9 Å². The van der Waals surface area contributed by atoms with Gasteiger partial charge in [-0.1, -0.05) is 56.2 Å². The number of hydrogen-bond acceptors (Lipinski definition) is 4. The summed E-state index contributed by atoms with van der Waals surface area (Å²) < 4.78 is 10.2. The average molecular weight is 366 g/mol. The second-order valence-electron chi connectivity index (χ2n) is 7.39. The van der Waals surface area contributed by atoms with E-state index in [2.05, 4.69) is 5.92 Å². The molecule has 0 radical (unpaired) electrons. The third-order valence-electron chi connectivity index (χ3n) is 5.29. The summed E-state index contributed by atoms with van der Waals surface area (Å²) in [6.07, 6.45) is 7.42. The van der Waals surface area contributed by atoms with Gasteiger partial charge < -0.3 is 9.47 Å². The minimum absolute atomic E-state index is 0.0578. The second kappa shape index (κ2) is 8.26. The molecule has 0 heterocycles. The Hall–Kier alpha value is -2.80. The fraction of sp³-hybridized carbons (Fsp3) is 0.391. The van der Waals surface area contributed by atoms with Crippen LogP contribution in [0.2, 0.25) is 0 Å². The Morgan fingerprint density at radius 3 is 2.41 bits per heavy atom. The Bertz CT molecular complexity index is 822. The molecule has 0 spiro atoms. The molecule has 0 aliphatic heterocycles. The highest BCUT2D eigenvalue weighted by Gasteiger charge is 2.61. The molecule has 0 saturated heterocycles. The predicted octanol–water partition coefficient (Wildman–Crippen LogP) is 4.03. The Morgan fingerprint density at radius 2 is 1.85 bits per heavy atom. The van der Waals surface area contributed by atoms with E-state index in [0.29, 0.717) is 11.1 Å². The van der Waals surface area contributed by atoms with Gasteiger partial charge in [-0.15, -0.1) is 6.42 Å². The van der Waals surface area contributed by atoms with Gasteiger partial charge in [-0.2, -0.15) is 0 Å². The van der Waals surface area contributed by atoms with Gasteiger partial charge >= 0.3 is 11.9 Å². The van der Waals surface area contributed by atoms with E-state index in [1.807, 2.05) is 51.1 Å². The van der Waals surface area contributed by atoms with Gasteiger partial charge in [-0.3, -0.25) is 4.79 Å². The predicted molar refractivity (Wildman–Crippen MR) is 105 cm³/mol.